The highest BCUT2D eigenvalue weighted by atomic mass is 16.2. The number of aromatic nitrogens is 1. The number of nitrogens with zero attached hydrogens (tertiary/aromatic N) is 2. The van der Waals surface area contributed by atoms with E-state index in [9.17, 15) is 9.59 Å². The van der Waals surface area contributed by atoms with Crippen molar-refractivity contribution in [1.29, 1.82) is 0 Å². The van der Waals surface area contributed by atoms with Crippen molar-refractivity contribution in [3.63, 3.8) is 0 Å². The molecule has 33 heavy (non-hydrogen) atoms. The zero-order valence-electron chi connectivity index (χ0n) is 19.5. The van der Waals surface area contributed by atoms with Gasteiger partial charge in [0.05, 0.1) is 5.52 Å². The van der Waals surface area contributed by atoms with Crippen LogP contribution in [0.25, 0.3) is 10.9 Å². The molecule has 3 aromatic rings. The quantitative estimate of drug-likeness (QED) is 0.545. The second-order valence-corrected chi connectivity index (χ2v) is 8.89. The van der Waals surface area contributed by atoms with E-state index in [0.29, 0.717) is 6.54 Å². The van der Waals surface area contributed by atoms with E-state index < -0.39 is 0 Å². The Morgan fingerprint density at radius 3 is 2.39 bits per heavy atom. The second-order valence-electron chi connectivity index (χ2n) is 8.89. The molecule has 1 aromatic heterocycles. The number of carbonyl (C=O) groups is 2. The first kappa shape index (κ1) is 22.8. The Bertz CT molecular complexity index is 1130. The van der Waals surface area contributed by atoms with Crippen molar-refractivity contribution in [2.45, 2.75) is 52.5 Å². The first-order valence-corrected chi connectivity index (χ1v) is 11.8. The first-order chi connectivity index (χ1) is 16.0. The van der Waals surface area contributed by atoms with Crippen molar-refractivity contribution < 1.29 is 9.59 Å². The number of rotatable bonds is 7. The van der Waals surface area contributed by atoms with E-state index in [4.69, 9.17) is 4.98 Å². The molecule has 1 saturated heterocycles. The molecule has 2 amide bonds. The number of carbonyl (C=O) groups excluding carboxylic acids is 2. The van der Waals surface area contributed by atoms with Gasteiger partial charge in [0.1, 0.15) is 5.82 Å². The number of fused-ring (bicyclic) bond motifs is 1. The third-order valence-corrected chi connectivity index (χ3v) is 6.16. The molecule has 6 nitrogen and oxygen atoms in total. The molecule has 6 heteroatoms. The fourth-order valence-corrected chi connectivity index (χ4v) is 4.18. The molecule has 0 saturated carbocycles. The summed E-state index contributed by atoms with van der Waals surface area (Å²) >= 11 is 0. The summed E-state index contributed by atoms with van der Waals surface area (Å²) in [5.74, 6) is 0.734. The number of pyridine rings is 1. The minimum Gasteiger partial charge on any atom is -0.357 e. The van der Waals surface area contributed by atoms with Gasteiger partial charge in [-0.05, 0) is 68.5 Å². The Labute approximate surface area is 195 Å². The van der Waals surface area contributed by atoms with Gasteiger partial charge in [-0.3, -0.25) is 9.59 Å². The molecule has 172 valence electrons. The molecule has 0 bridgehead atoms. The van der Waals surface area contributed by atoms with E-state index in [1.165, 1.54) is 24.8 Å². The van der Waals surface area contributed by atoms with Crippen LogP contribution in [0.1, 0.15) is 48.8 Å². The highest BCUT2D eigenvalue weighted by molar-refractivity contribution is 5.96. The highest BCUT2D eigenvalue weighted by Gasteiger charge is 2.14. The van der Waals surface area contributed by atoms with Crippen molar-refractivity contribution in [3.8, 4) is 0 Å². The van der Waals surface area contributed by atoms with Crippen LogP contribution in [0.5, 0.6) is 0 Å². The van der Waals surface area contributed by atoms with E-state index in [-0.39, 0.29) is 24.7 Å². The smallest absolute Gasteiger partial charge is 0.224 e. The van der Waals surface area contributed by atoms with Gasteiger partial charge in [-0.25, -0.2) is 4.98 Å². The maximum Gasteiger partial charge on any atom is 0.224 e. The van der Waals surface area contributed by atoms with Gasteiger partial charge in [-0.2, -0.15) is 0 Å². The molecular weight excluding hydrogens is 412 g/mol. The Hall–Kier alpha value is -3.41. The van der Waals surface area contributed by atoms with Crippen molar-refractivity contribution in [1.82, 2.24) is 10.3 Å². The normalized spacial score (nSPS) is 13.7. The summed E-state index contributed by atoms with van der Waals surface area (Å²) in [5, 5.41) is 6.82. The van der Waals surface area contributed by atoms with Crippen LogP contribution in [0.4, 0.5) is 11.5 Å². The molecule has 0 spiro atoms. The monoisotopic (exact) mass is 444 g/mol. The first-order valence-electron chi connectivity index (χ1n) is 11.8. The highest BCUT2D eigenvalue weighted by Crippen LogP contribution is 2.27. The maximum absolute atomic E-state index is 12.4. The van der Waals surface area contributed by atoms with Crippen LogP contribution < -0.4 is 15.5 Å². The third kappa shape index (κ3) is 6.09. The van der Waals surface area contributed by atoms with Gasteiger partial charge in [0, 0.05) is 43.5 Å². The number of hydrogen-bond donors (Lipinski definition) is 2. The molecule has 0 radical (unpaired) electrons. The zero-order valence-corrected chi connectivity index (χ0v) is 19.5. The lowest BCUT2D eigenvalue weighted by atomic mass is 10.1. The molecule has 1 aliphatic rings. The fourth-order valence-electron chi connectivity index (χ4n) is 4.18. The lowest BCUT2D eigenvalue weighted by molar-refractivity contribution is -0.124. The van der Waals surface area contributed by atoms with Crippen LogP contribution >= 0.6 is 0 Å². The molecular formula is C27H32N4O2. The summed E-state index contributed by atoms with van der Waals surface area (Å²) in [6, 6.07) is 16.0. The van der Waals surface area contributed by atoms with Crippen LogP contribution in [0.3, 0.4) is 0 Å². The van der Waals surface area contributed by atoms with E-state index in [1.54, 1.807) is 0 Å². The van der Waals surface area contributed by atoms with Gasteiger partial charge in [0.2, 0.25) is 11.8 Å². The van der Waals surface area contributed by atoms with E-state index in [2.05, 4.69) is 28.5 Å². The average Bonchev–Trinajstić information content (AvgIpc) is 2.83. The van der Waals surface area contributed by atoms with Crippen molar-refractivity contribution in [2.24, 2.45) is 0 Å². The predicted molar refractivity (Wildman–Crippen MR) is 133 cm³/mol. The van der Waals surface area contributed by atoms with Crippen LogP contribution in [-0.2, 0) is 16.1 Å². The molecule has 4 rings (SSSR count). The second kappa shape index (κ2) is 10.5. The van der Waals surface area contributed by atoms with Crippen molar-refractivity contribution >= 4 is 34.2 Å². The fraction of sp³-hybridized carbons (Fsp3) is 0.370. The average molecular weight is 445 g/mol. The van der Waals surface area contributed by atoms with Gasteiger partial charge in [-0.15, -0.1) is 0 Å². The molecule has 2 N–H and O–H groups in total. The van der Waals surface area contributed by atoms with Gasteiger partial charge in [-0.1, -0.05) is 29.8 Å². The molecule has 2 aromatic carbocycles. The summed E-state index contributed by atoms with van der Waals surface area (Å²) in [4.78, 5) is 31.7. The number of nitrogens with one attached hydrogen (secondary N) is 2. The molecule has 1 aliphatic heterocycles. The Balaban J connectivity index is 1.31. The number of hydrogen-bond acceptors (Lipinski definition) is 4. The standard InChI is InChI=1S/C27H32N4O2/c1-19-6-8-21(9-7-19)18-28-26(32)12-13-27(33)29-22-10-11-24-23(17-22)20(2)16-25(30-24)31-14-4-3-5-15-31/h6-11,16-17H,3-5,12-15,18H2,1-2H3,(H,28,32)(H,29,33). The van der Waals surface area contributed by atoms with E-state index in [0.717, 1.165) is 46.6 Å². The van der Waals surface area contributed by atoms with Crippen LogP contribution in [-0.4, -0.2) is 29.9 Å². The number of amides is 2. The van der Waals surface area contributed by atoms with Gasteiger partial charge in [0.15, 0.2) is 0 Å². The number of anilines is 2. The molecule has 0 unspecified atom stereocenters. The molecule has 0 atom stereocenters. The van der Waals surface area contributed by atoms with Gasteiger partial charge in [0.25, 0.3) is 0 Å². The SMILES string of the molecule is Cc1ccc(CNC(=O)CCC(=O)Nc2ccc3nc(N4CCCCC4)cc(C)c3c2)cc1. The lowest BCUT2D eigenvalue weighted by Crippen LogP contribution is -2.30. The predicted octanol–water partition coefficient (Wildman–Crippen LogP) is 4.88. The molecule has 0 aliphatic carbocycles. The zero-order chi connectivity index (χ0) is 23.2. The Kier molecular flexibility index (Phi) is 7.23. The lowest BCUT2D eigenvalue weighted by Gasteiger charge is -2.28. The number of aryl methyl sites for hydroxylation is 2. The summed E-state index contributed by atoms with van der Waals surface area (Å²) in [5.41, 5.74) is 5.03. The number of benzene rings is 2. The third-order valence-electron chi connectivity index (χ3n) is 6.16. The van der Waals surface area contributed by atoms with Crippen molar-refractivity contribution in [3.05, 3.63) is 65.2 Å². The molecule has 2 heterocycles. The Morgan fingerprint density at radius 2 is 1.64 bits per heavy atom. The largest absolute Gasteiger partial charge is 0.357 e. The summed E-state index contributed by atoms with van der Waals surface area (Å²) in [6.45, 7) is 6.70. The summed E-state index contributed by atoms with van der Waals surface area (Å²) < 4.78 is 0. The topological polar surface area (TPSA) is 74.3 Å². The van der Waals surface area contributed by atoms with Crippen LogP contribution in [0.2, 0.25) is 0 Å². The summed E-state index contributed by atoms with van der Waals surface area (Å²) in [6.07, 6.45) is 4.02. The summed E-state index contributed by atoms with van der Waals surface area (Å²) in [7, 11) is 0. The van der Waals surface area contributed by atoms with Crippen LogP contribution in [0, 0.1) is 13.8 Å². The van der Waals surface area contributed by atoms with Gasteiger partial charge < -0.3 is 15.5 Å². The molecule has 1 fully saturated rings. The minimum absolute atomic E-state index is 0.130. The minimum atomic E-state index is -0.171. The van der Waals surface area contributed by atoms with Crippen LogP contribution in [0.15, 0.2) is 48.5 Å². The van der Waals surface area contributed by atoms with E-state index in [1.807, 2.05) is 49.4 Å². The van der Waals surface area contributed by atoms with Crippen molar-refractivity contribution in [2.75, 3.05) is 23.3 Å². The number of piperidine rings is 1. The van der Waals surface area contributed by atoms with Gasteiger partial charge >= 0.3 is 0 Å². The Morgan fingerprint density at radius 1 is 0.909 bits per heavy atom. The maximum atomic E-state index is 12.4. The van der Waals surface area contributed by atoms with E-state index >= 15 is 0 Å².